The molecule has 1 aromatic heterocycles. The highest BCUT2D eigenvalue weighted by Crippen LogP contribution is 2.36. The Labute approximate surface area is 121 Å². The van der Waals surface area contributed by atoms with Crippen molar-refractivity contribution in [3.63, 3.8) is 0 Å². The second kappa shape index (κ2) is 6.21. The largest absolute Gasteiger partial charge is 0.316 e. The smallest absolute Gasteiger partial charge is 0.227 e. The molecule has 0 saturated carbocycles. The summed E-state index contributed by atoms with van der Waals surface area (Å²) in [4.78, 5) is 16.4. The van der Waals surface area contributed by atoms with Crippen LogP contribution < -0.4 is 5.32 Å². The highest BCUT2D eigenvalue weighted by Gasteiger charge is 2.16. The van der Waals surface area contributed by atoms with Gasteiger partial charge in [0.25, 0.3) is 0 Å². The van der Waals surface area contributed by atoms with E-state index in [9.17, 15) is 4.79 Å². The predicted molar refractivity (Wildman–Crippen MR) is 82.8 cm³/mol. The van der Waals surface area contributed by atoms with Gasteiger partial charge in [-0.3, -0.25) is 4.79 Å². The number of thiazole rings is 1. The molecule has 1 amide bonds. The first-order chi connectivity index (χ1) is 9.11. The van der Waals surface area contributed by atoms with E-state index >= 15 is 0 Å². The van der Waals surface area contributed by atoms with E-state index in [1.165, 1.54) is 11.3 Å². The zero-order valence-corrected chi connectivity index (χ0v) is 12.8. The fourth-order valence-corrected chi connectivity index (χ4v) is 3.01. The molecule has 2 rings (SSSR count). The van der Waals surface area contributed by atoms with Gasteiger partial charge in [-0.15, -0.1) is 0 Å². The molecule has 0 radical (unpaired) electrons. The normalized spacial score (nSPS) is 10.7. The Kier molecular flexibility index (Phi) is 4.61. The van der Waals surface area contributed by atoms with Crippen molar-refractivity contribution in [1.82, 2.24) is 4.98 Å². The summed E-state index contributed by atoms with van der Waals surface area (Å²) in [5.41, 5.74) is 1.88. The van der Waals surface area contributed by atoms with E-state index in [-0.39, 0.29) is 11.8 Å². The molecule has 1 heterocycles. The van der Waals surface area contributed by atoms with Crippen LogP contribution >= 0.6 is 23.1 Å². The zero-order valence-electron chi connectivity index (χ0n) is 11.1. The fourth-order valence-electron chi connectivity index (χ4n) is 1.52. The molecule has 5 heteroatoms. The standard InChI is InChI=1S/C14H16N2OS2/c1-9(2)12(17)16-13-11(15-14(18-3)19-13)10-7-5-4-6-8-10/h4-9H,1-3H3,(H,16,17). The van der Waals surface area contributed by atoms with Crippen LogP contribution in [0.5, 0.6) is 0 Å². The SMILES string of the molecule is CSc1nc(-c2ccccc2)c(NC(=O)C(C)C)s1. The molecule has 3 nitrogen and oxygen atoms in total. The molecule has 0 fully saturated rings. The van der Waals surface area contributed by atoms with E-state index in [1.807, 2.05) is 50.4 Å². The van der Waals surface area contributed by atoms with Gasteiger partial charge in [-0.2, -0.15) is 0 Å². The minimum Gasteiger partial charge on any atom is -0.316 e. The first-order valence-corrected chi connectivity index (χ1v) is 8.07. The van der Waals surface area contributed by atoms with E-state index < -0.39 is 0 Å². The lowest BCUT2D eigenvalue weighted by atomic mass is 10.1. The summed E-state index contributed by atoms with van der Waals surface area (Å²) in [5, 5.41) is 3.79. The van der Waals surface area contributed by atoms with Crippen molar-refractivity contribution in [2.24, 2.45) is 5.92 Å². The average molecular weight is 292 g/mol. The van der Waals surface area contributed by atoms with E-state index in [4.69, 9.17) is 0 Å². The lowest BCUT2D eigenvalue weighted by Gasteiger charge is -2.07. The van der Waals surface area contributed by atoms with Crippen LogP contribution in [0.1, 0.15) is 13.8 Å². The second-order valence-electron chi connectivity index (χ2n) is 4.37. The molecule has 0 unspecified atom stereocenters. The van der Waals surface area contributed by atoms with Crippen LogP contribution in [-0.4, -0.2) is 17.1 Å². The Hall–Kier alpha value is -1.33. The Morgan fingerprint density at radius 2 is 2.00 bits per heavy atom. The summed E-state index contributed by atoms with van der Waals surface area (Å²) in [7, 11) is 0. The predicted octanol–water partition coefficient (Wildman–Crippen LogP) is 4.13. The van der Waals surface area contributed by atoms with Gasteiger partial charge >= 0.3 is 0 Å². The van der Waals surface area contributed by atoms with Crippen molar-refractivity contribution >= 4 is 34.0 Å². The number of benzene rings is 1. The lowest BCUT2D eigenvalue weighted by Crippen LogP contribution is -2.17. The van der Waals surface area contributed by atoms with Gasteiger partial charge < -0.3 is 5.32 Å². The summed E-state index contributed by atoms with van der Waals surface area (Å²) in [6.07, 6.45) is 1.99. The summed E-state index contributed by atoms with van der Waals surface area (Å²) in [6, 6.07) is 9.93. The highest BCUT2D eigenvalue weighted by atomic mass is 32.2. The number of nitrogens with zero attached hydrogens (tertiary/aromatic N) is 1. The molecule has 0 aliphatic carbocycles. The molecule has 19 heavy (non-hydrogen) atoms. The number of nitrogens with one attached hydrogen (secondary N) is 1. The van der Waals surface area contributed by atoms with Crippen LogP contribution in [0, 0.1) is 5.92 Å². The topological polar surface area (TPSA) is 42.0 Å². The zero-order chi connectivity index (χ0) is 13.8. The summed E-state index contributed by atoms with van der Waals surface area (Å²) in [6.45, 7) is 3.77. The number of thioether (sulfide) groups is 1. The molecule has 100 valence electrons. The summed E-state index contributed by atoms with van der Waals surface area (Å²) < 4.78 is 0.956. The summed E-state index contributed by atoms with van der Waals surface area (Å²) >= 11 is 3.11. The quantitative estimate of drug-likeness (QED) is 0.862. The van der Waals surface area contributed by atoms with Gasteiger partial charge in [0.1, 0.15) is 10.7 Å². The molecule has 0 aliphatic heterocycles. The molecule has 0 bridgehead atoms. The minimum absolute atomic E-state index is 0.0217. The number of hydrogen-bond acceptors (Lipinski definition) is 4. The Morgan fingerprint density at radius 3 is 2.58 bits per heavy atom. The monoisotopic (exact) mass is 292 g/mol. The van der Waals surface area contributed by atoms with Crippen LogP contribution in [0.3, 0.4) is 0 Å². The average Bonchev–Trinajstić information content (AvgIpc) is 2.82. The van der Waals surface area contributed by atoms with Crippen molar-refractivity contribution in [3.8, 4) is 11.3 Å². The van der Waals surface area contributed by atoms with Gasteiger partial charge in [0.15, 0.2) is 4.34 Å². The van der Waals surface area contributed by atoms with Crippen molar-refractivity contribution in [2.45, 2.75) is 18.2 Å². The van der Waals surface area contributed by atoms with Crippen LogP contribution in [0.2, 0.25) is 0 Å². The second-order valence-corrected chi connectivity index (χ2v) is 6.42. The van der Waals surface area contributed by atoms with Crippen LogP contribution in [0.4, 0.5) is 5.00 Å². The Morgan fingerprint density at radius 1 is 1.32 bits per heavy atom. The molecule has 0 spiro atoms. The van der Waals surface area contributed by atoms with Crippen LogP contribution in [0.25, 0.3) is 11.3 Å². The third kappa shape index (κ3) is 3.36. The lowest BCUT2D eigenvalue weighted by molar-refractivity contribution is -0.118. The van der Waals surface area contributed by atoms with Gasteiger partial charge in [-0.25, -0.2) is 4.98 Å². The number of carbonyl (C=O) groups excluding carboxylic acids is 1. The molecule has 0 aliphatic rings. The van der Waals surface area contributed by atoms with E-state index in [0.717, 1.165) is 20.6 Å². The maximum Gasteiger partial charge on any atom is 0.227 e. The molecule has 1 N–H and O–H groups in total. The number of amides is 1. The van der Waals surface area contributed by atoms with Crippen molar-refractivity contribution in [1.29, 1.82) is 0 Å². The van der Waals surface area contributed by atoms with Gasteiger partial charge in [0, 0.05) is 11.5 Å². The van der Waals surface area contributed by atoms with Gasteiger partial charge in [-0.05, 0) is 6.26 Å². The maximum absolute atomic E-state index is 11.9. The number of hydrogen-bond donors (Lipinski definition) is 1. The summed E-state index contributed by atoms with van der Waals surface area (Å²) in [5.74, 6) is -0.0167. The third-order valence-electron chi connectivity index (χ3n) is 2.59. The van der Waals surface area contributed by atoms with E-state index in [1.54, 1.807) is 11.8 Å². The number of aromatic nitrogens is 1. The van der Waals surface area contributed by atoms with Crippen LogP contribution in [0.15, 0.2) is 34.7 Å². The van der Waals surface area contributed by atoms with E-state index in [0.29, 0.717) is 0 Å². The molecular weight excluding hydrogens is 276 g/mol. The number of carbonyl (C=O) groups is 1. The Bertz CT molecular complexity index is 564. The van der Waals surface area contributed by atoms with E-state index in [2.05, 4.69) is 10.3 Å². The molecular formula is C14H16N2OS2. The Balaban J connectivity index is 2.37. The molecule has 1 aromatic carbocycles. The van der Waals surface area contributed by atoms with Gasteiger partial charge in [0.05, 0.1) is 0 Å². The molecule has 2 aromatic rings. The van der Waals surface area contributed by atoms with Crippen LogP contribution in [-0.2, 0) is 4.79 Å². The van der Waals surface area contributed by atoms with Crippen molar-refractivity contribution in [2.75, 3.05) is 11.6 Å². The minimum atomic E-state index is -0.0385. The number of anilines is 1. The molecule has 0 atom stereocenters. The highest BCUT2D eigenvalue weighted by molar-refractivity contribution is 8.00. The first kappa shape index (κ1) is 14.1. The van der Waals surface area contributed by atoms with Crippen molar-refractivity contribution in [3.05, 3.63) is 30.3 Å². The fraction of sp³-hybridized carbons (Fsp3) is 0.286. The first-order valence-electron chi connectivity index (χ1n) is 6.03. The van der Waals surface area contributed by atoms with Gasteiger partial charge in [-0.1, -0.05) is 67.3 Å². The number of rotatable bonds is 4. The molecule has 0 saturated heterocycles. The van der Waals surface area contributed by atoms with Crippen molar-refractivity contribution < 1.29 is 4.79 Å². The van der Waals surface area contributed by atoms with Gasteiger partial charge in [0.2, 0.25) is 5.91 Å². The maximum atomic E-state index is 11.9. The third-order valence-corrected chi connectivity index (χ3v) is 4.55.